The van der Waals surface area contributed by atoms with Crippen molar-refractivity contribution in [3.8, 4) is 0 Å². The Hall–Kier alpha value is -1.58. The highest BCUT2D eigenvalue weighted by Crippen LogP contribution is 2.35. The van der Waals surface area contributed by atoms with Crippen molar-refractivity contribution in [2.75, 3.05) is 5.75 Å². The Labute approximate surface area is 193 Å². The standard InChI is InChI=1S/C23H33NO6S2/c1-23(28,14-16-6-3-2-4-7-16)12-5-8-17-9-10-20(25)18(17)11-13-32(29,30)22-24-19(15-31-22)21(26)27/h5,8,15-18,28H,2-4,6-7,9-14H2,1H3,(H,26,27)/b8-5+/t17-,18+,23?/m0/s1. The Morgan fingerprint density at radius 1 is 1.28 bits per heavy atom. The molecule has 178 valence electrons. The molecule has 9 heteroatoms. The van der Waals surface area contributed by atoms with Crippen molar-refractivity contribution in [3.63, 3.8) is 0 Å². The van der Waals surface area contributed by atoms with Crippen molar-refractivity contribution in [2.24, 2.45) is 17.8 Å². The number of carbonyl (C=O) groups is 2. The van der Waals surface area contributed by atoms with Gasteiger partial charge in [-0.15, -0.1) is 11.3 Å². The van der Waals surface area contributed by atoms with Crippen LogP contribution in [0.15, 0.2) is 21.9 Å². The maximum Gasteiger partial charge on any atom is 0.355 e. The molecule has 0 aliphatic heterocycles. The number of Topliss-reactive ketones (excluding diaryl/α,β-unsaturated/α-hetero) is 1. The van der Waals surface area contributed by atoms with Crippen LogP contribution in [0.3, 0.4) is 0 Å². The van der Waals surface area contributed by atoms with Crippen LogP contribution in [-0.4, -0.2) is 46.7 Å². The number of hydrogen-bond donors (Lipinski definition) is 2. The molecular formula is C23H33NO6S2. The van der Waals surface area contributed by atoms with Gasteiger partial charge < -0.3 is 10.2 Å². The summed E-state index contributed by atoms with van der Waals surface area (Å²) in [5, 5.41) is 20.9. The van der Waals surface area contributed by atoms with Gasteiger partial charge >= 0.3 is 5.97 Å². The summed E-state index contributed by atoms with van der Waals surface area (Å²) in [4.78, 5) is 27.0. The minimum Gasteiger partial charge on any atom is -0.476 e. The second-order valence-electron chi connectivity index (χ2n) is 9.52. The maximum atomic E-state index is 12.6. The van der Waals surface area contributed by atoms with Crippen molar-refractivity contribution in [1.82, 2.24) is 4.98 Å². The fourth-order valence-corrected chi connectivity index (χ4v) is 7.47. The van der Waals surface area contributed by atoms with E-state index in [0.29, 0.717) is 25.2 Å². The van der Waals surface area contributed by atoms with Crippen LogP contribution >= 0.6 is 11.3 Å². The van der Waals surface area contributed by atoms with E-state index in [-0.39, 0.29) is 39.8 Å². The summed E-state index contributed by atoms with van der Waals surface area (Å²) < 4.78 is 24.9. The van der Waals surface area contributed by atoms with Gasteiger partial charge in [0.1, 0.15) is 5.78 Å². The van der Waals surface area contributed by atoms with E-state index in [2.05, 4.69) is 4.98 Å². The molecule has 1 aromatic heterocycles. The molecule has 0 saturated heterocycles. The van der Waals surface area contributed by atoms with E-state index in [9.17, 15) is 23.1 Å². The van der Waals surface area contributed by atoms with Crippen LogP contribution in [0.2, 0.25) is 0 Å². The number of ketones is 1. The minimum absolute atomic E-state index is 0.0333. The number of aromatic nitrogens is 1. The van der Waals surface area contributed by atoms with Crippen LogP contribution in [-0.2, 0) is 14.6 Å². The molecule has 32 heavy (non-hydrogen) atoms. The predicted molar refractivity (Wildman–Crippen MR) is 123 cm³/mol. The second kappa shape index (κ2) is 10.6. The first-order valence-electron chi connectivity index (χ1n) is 11.4. The van der Waals surface area contributed by atoms with Crippen molar-refractivity contribution < 1.29 is 28.2 Å². The number of thiazole rings is 1. The topological polar surface area (TPSA) is 122 Å². The third-order valence-corrected chi connectivity index (χ3v) is 9.80. The molecule has 0 spiro atoms. The monoisotopic (exact) mass is 483 g/mol. The molecule has 0 aromatic carbocycles. The summed E-state index contributed by atoms with van der Waals surface area (Å²) in [7, 11) is -3.74. The third kappa shape index (κ3) is 6.71. The minimum atomic E-state index is -3.74. The zero-order valence-electron chi connectivity index (χ0n) is 18.5. The van der Waals surface area contributed by atoms with Crippen LogP contribution in [0.4, 0.5) is 0 Å². The van der Waals surface area contributed by atoms with Crippen LogP contribution < -0.4 is 0 Å². The largest absolute Gasteiger partial charge is 0.476 e. The fraction of sp³-hybridized carbons (Fsp3) is 0.696. The van der Waals surface area contributed by atoms with Gasteiger partial charge in [-0.1, -0.05) is 44.3 Å². The zero-order valence-corrected chi connectivity index (χ0v) is 20.2. The number of carbonyl (C=O) groups excluding carboxylic acids is 1. The van der Waals surface area contributed by atoms with E-state index >= 15 is 0 Å². The van der Waals surface area contributed by atoms with Gasteiger partial charge in [-0.25, -0.2) is 18.2 Å². The molecule has 2 aliphatic carbocycles. The first-order chi connectivity index (χ1) is 15.1. The molecule has 7 nitrogen and oxygen atoms in total. The molecule has 3 rings (SSSR count). The third-order valence-electron chi connectivity index (χ3n) is 6.71. The van der Waals surface area contributed by atoms with Crippen LogP contribution in [0, 0.1) is 17.8 Å². The molecule has 0 amide bonds. The average Bonchev–Trinajstić information content (AvgIpc) is 3.35. The molecule has 1 aromatic rings. The van der Waals surface area contributed by atoms with E-state index in [1.54, 1.807) is 0 Å². The van der Waals surface area contributed by atoms with Crippen molar-refractivity contribution in [3.05, 3.63) is 23.2 Å². The Balaban J connectivity index is 1.55. The van der Waals surface area contributed by atoms with E-state index in [1.165, 1.54) is 37.5 Å². The van der Waals surface area contributed by atoms with Gasteiger partial charge in [0.2, 0.25) is 14.2 Å². The summed E-state index contributed by atoms with van der Waals surface area (Å²) in [6.07, 6.45) is 12.7. The van der Waals surface area contributed by atoms with E-state index < -0.39 is 21.4 Å². The molecule has 1 unspecified atom stereocenters. The molecule has 3 atom stereocenters. The zero-order chi connectivity index (χ0) is 23.4. The highest BCUT2D eigenvalue weighted by atomic mass is 32.2. The summed E-state index contributed by atoms with van der Waals surface area (Å²) in [5.74, 6) is -1.27. The number of rotatable bonds is 10. The first kappa shape index (κ1) is 25.1. The van der Waals surface area contributed by atoms with Gasteiger partial charge in [-0.2, -0.15) is 0 Å². The van der Waals surface area contributed by atoms with Gasteiger partial charge in [0.25, 0.3) is 0 Å². The van der Waals surface area contributed by atoms with Gasteiger partial charge in [0.15, 0.2) is 5.69 Å². The van der Waals surface area contributed by atoms with E-state index in [1.807, 2.05) is 19.1 Å². The van der Waals surface area contributed by atoms with E-state index in [0.717, 1.165) is 17.8 Å². The summed E-state index contributed by atoms with van der Waals surface area (Å²) in [5.41, 5.74) is -1.06. The Morgan fingerprint density at radius 2 is 2.00 bits per heavy atom. The number of carboxylic acid groups (broad SMARTS) is 1. The lowest BCUT2D eigenvalue weighted by atomic mass is 9.80. The first-order valence-corrected chi connectivity index (χ1v) is 13.9. The number of carboxylic acids is 1. The quantitative estimate of drug-likeness (QED) is 0.477. The molecule has 2 aliphatic rings. The normalized spacial score (nSPS) is 24.8. The van der Waals surface area contributed by atoms with Crippen LogP contribution in [0.1, 0.15) is 81.6 Å². The van der Waals surface area contributed by atoms with Gasteiger partial charge in [-0.3, -0.25) is 4.79 Å². The Bertz CT molecular complexity index is 943. The molecule has 2 saturated carbocycles. The lowest BCUT2D eigenvalue weighted by Crippen LogP contribution is -2.28. The van der Waals surface area contributed by atoms with Gasteiger partial charge in [0, 0.05) is 17.7 Å². The van der Waals surface area contributed by atoms with Crippen molar-refractivity contribution in [1.29, 1.82) is 0 Å². The lowest BCUT2D eigenvalue weighted by molar-refractivity contribution is -0.121. The number of nitrogens with zero attached hydrogens (tertiary/aromatic N) is 1. The number of hydrogen-bond acceptors (Lipinski definition) is 7. The summed E-state index contributed by atoms with van der Waals surface area (Å²) >= 11 is 0.793. The molecule has 0 radical (unpaired) electrons. The molecule has 2 N–H and O–H groups in total. The molecule has 0 bridgehead atoms. The molecule has 2 fully saturated rings. The average molecular weight is 484 g/mol. The predicted octanol–water partition coefficient (Wildman–Crippen LogP) is 4.27. The summed E-state index contributed by atoms with van der Waals surface area (Å²) in [6, 6.07) is 0. The van der Waals surface area contributed by atoms with E-state index in [4.69, 9.17) is 5.11 Å². The van der Waals surface area contributed by atoms with Gasteiger partial charge in [-0.05, 0) is 44.4 Å². The maximum absolute atomic E-state index is 12.6. The fourth-order valence-electron chi connectivity index (χ4n) is 5.00. The van der Waals surface area contributed by atoms with Crippen molar-refractivity contribution in [2.45, 2.75) is 81.1 Å². The smallest absolute Gasteiger partial charge is 0.355 e. The highest BCUT2D eigenvalue weighted by Gasteiger charge is 2.35. The Morgan fingerprint density at radius 3 is 2.66 bits per heavy atom. The lowest BCUT2D eigenvalue weighted by Gasteiger charge is -2.30. The number of aromatic carboxylic acids is 1. The number of aliphatic hydroxyl groups is 1. The van der Waals surface area contributed by atoms with Gasteiger partial charge in [0.05, 0.1) is 11.4 Å². The number of allylic oxidation sites excluding steroid dienone is 1. The molecular weight excluding hydrogens is 450 g/mol. The highest BCUT2D eigenvalue weighted by molar-refractivity contribution is 7.93. The summed E-state index contributed by atoms with van der Waals surface area (Å²) in [6.45, 7) is 1.87. The SMILES string of the molecule is CC(O)(C/C=C/[C@H]1CCC(=O)[C@@H]1CCS(=O)(=O)c1nc(C(=O)O)cs1)CC1CCCCC1. The molecule has 1 heterocycles. The second-order valence-corrected chi connectivity index (χ2v) is 12.7. The van der Waals surface area contributed by atoms with Crippen molar-refractivity contribution >= 4 is 32.9 Å². The van der Waals surface area contributed by atoms with Crippen LogP contribution in [0.5, 0.6) is 0 Å². The number of sulfone groups is 1. The van der Waals surface area contributed by atoms with Crippen LogP contribution in [0.25, 0.3) is 0 Å². The Kier molecular flexibility index (Phi) is 8.27.